The lowest BCUT2D eigenvalue weighted by Crippen LogP contribution is -2.27. The van der Waals surface area contributed by atoms with E-state index in [-0.39, 0.29) is 17.2 Å². The highest BCUT2D eigenvalue weighted by atomic mass is 16.6. The number of non-ortho nitro benzene ring substituents is 1. The van der Waals surface area contributed by atoms with E-state index in [0.29, 0.717) is 17.7 Å². The van der Waals surface area contributed by atoms with Crippen molar-refractivity contribution in [3.8, 4) is 5.75 Å². The van der Waals surface area contributed by atoms with Crippen molar-refractivity contribution < 1.29 is 14.3 Å². The van der Waals surface area contributed by atoms with Gasteiger partial charge in [-0.25, -0.2) is 4.63 Å². The van der Waals surface area contributed by atoms with E-state index >= 15 is 0 Å². The summed E-state index contributed by atoms with van der Waals surface area (Å²) >= 11 is 0. The third-order valence-electron chi connectivity index (χ3n) is 4.20. The Balaban J connectivity index is 1.89. The lowest BCUT2D eigenvalue weighted by Gasteiger charge is -2.27. The molecule has 0 saturated heterocycles. The third-order valence-corrected chi connectivity index (χ3v) is 4.20. The first-order valence-corrected chi connectivity index (χ1v) is 7.95. The summed E-state index contributed by atoms with van der Waals surface area (Å²) in [7, 11) is 5.59. The van der Waals surface area contributed by atoms with Crippen molar-refractivity contribution in [2.24, 2.45) is 0 Å². The van der Waals surface area contributed by atoms with Crippen LogP contribution in [0.4, 0.5) is 11.4 Å². The molecule has 1 N–H and O–H groups in total. The van der Waals surface area contributed by atoms with E-state index < -0.39 is 4.92 Å². The molecule has 1 aromatic heterocycles. The first kappa shape index (κ1) is 17.6. The Labute approximate surface area is 149 Å². The number of nitrogens with one attached hydrogen (secondary N) is 1. The lowest BCUT2D eigenvalue weighted by atomic mass is 10.0. The van der Waals surface area contributed by atoms with Gasteiger partial charge in [0.1, 0.15) is 5.75 Å². The molecule has 0 aliphatic rings. The van der Waals surface area contributed by atoms with Gasteiger partial charge in [0, 0.05) is 18.2 Å². The van der Waals surface area contributed by atoms with E-state index in [2.05, 4.69) is 20.5 Å². The van der Waals surface area contributed by atoms with Crippen molar-refractivity contribution in [2.75, 3.05) is 33.1 Å². The second kappa shape index (κ2) is 7.36. The zero-order valence-electron chi connectivity index (χ0n) is 14.7. The first-order chi connectivity index (χ1) is 12.5. The van der Waals surface area contributed by atoms with Crippen LogP contribution in [0, 0.1) is 10.1 Å². The molecule has 0 bridgehead atoms. The van der Waals surface area contributed by atoms with Gasteiger partial charge in [-0.2, -0.15) is 0 Å². The van der Waals surface area contributed by atoms with Crippen LogP contribution >= 0.6 is 0 Å². The van der Waals surface area contributed by atoms with Gasteiger partial charge in [-0.3, -0.25) is 10.1 Å². The minimum absolute atomic E-state index is 0.0104. The van der Waals surface area contributed by atoms with Gasteiger partial charge in [-0.05, 0) is 36.5 Å². The molecule has 0 aliphatic carbocycles. The number of nitro benzene ring substituents is 1. The van der Waals surface area contributed by atoms with E-state index in [1.165, 1.54) is 6.07 Å². The van der Waals surface area contributed by atoms with Gasteiger partial charge in [0.05, 0.1) is 23.8 Å². The Hall–Kier alpha value is -3.20. The molecule has 0 saturated carbocycles. The minimum Gasteiger partial charge on any atom is -0.496 e. The minimum atomic E-state index is -0.506. The maximum absolute atomic E-state index is 11.1. The second-order valence-corrected chi connectivity index (χ2v) is 5.95. The molecular formula is C17H19N5O4. The van der Waals surface area contributed by atoms with Crippen molar-refractivity contribution in [2.45, 2.75) is 6.04 Å². The zero-order chi connectivity index (χ0) is 18.7. The van der Waals surface area contributed by atoms with Crippen LogP contribution in [0.15, 0.2) is 41.0 Å². The number of hydrogen-bond donors (Lipinski definition) is 1. The number of aromatic nitrogens is 2. The number of fused-ring (bicyclic) bond motifs is 1. The van der Waals surface area contributed by atoms with Crippen molar-refractivity contribution >= 4 is 22.4 Å². The van der Waals surface area contributed by atoms with E-state index in [1.54, 1.807) is 13.2 Å². The van der Waals surface area contributed by atoms with Crippen LogP contribution in [0.2, 0.25) is 0 Å². The summed E-state index contributed by atoms with van der Waals surface area (Å²) < 4.78 is 10.2. The summed E-state index contributed by atoms with van der Waals surface area (Å²) in [5.41, 5.74) is 1.97. The molecule has 1 unspecified atom stereocenters. The summed E-state index contributed by atoms with van der Waals surface area (Å²) in [5, 5.41) is 21.8. The number of hydrogen-bond acceptors (Lipinski definition) is 8. The Morgan fingerprint density at radius 2 is 1.96 bits per heavy atom. The van der Waals surface area contributed by atoms with E-state index in [0.717, 1.165) is 11.3 Å². The van der Waals surface area contributed by atoms with Gasteiger partial charge in [0.2, 0.25) is 5.52 Å². The quantitative estimate of drug-likeness (QED) is 0.508. The molecule has 26 heavy (non-hydrogen) atoms. The monoisotopic (exact) mass is 357 g/mol. The number of nitrogens with zero attached hydrogens (tertiary/aromatic N) is 4. The molecule has 0 amide bonds. The van der Waals surface area contributed by atoms with Gasteiger partial charge >= 0.3 is 5.69 Å². The molecule has 0 fully saturated rings. The van der Waals surface area contributed by atoms with Crippen molar-refractivity contribution in [3.05, 3.63) is 52.1 Å². The first-order valence-electron chi connectivity index (χ1n) is 7.95. The maximum atomic E-state index is 11.1. The van der Waals surface area contributed by atoms with Crippen LogP contribution in [0.25, 0.3) is 11.0 Å². The molecule has 1 atom stereocenters. The number of methoxy groups -OCH3 is 1. The number of benzene rings is 2. The predicted molar refractivity (Wildman–Crippen MR) is 96.4 cm³/mol. The zero-order valence-corrected chi connectivity index (χ0v) is 14.7. The number of ether oxygens (including phenoxy) is 1. The highest BCUT2D eigenvalue weighted by Gasteiger charge is 2.22. The normalized spacial score (nSPS) is 12.3. The van der Waals surface area contributed by atoms with E-state index in [4.69, 9.17) is 9.37 Å². The van der Waals surface area contributed by atoms with Gasteiger partial charge in [0.25, 0.3) is 0 Å². The van der Waals surface area contributed by atoms with Crippen molar-refractivity contribution in [3.63, 3.8) is 0 Å². The number of nitro groups is 1. The molecule has 0 radical (unpaired) electrons. The maximum Gasteiger partial charge on any atom is 0.300 e. The number of anilines is 1. The fourth-order valence-corrected chi connectivity index (χ4v) is 2.86. The summed E-state index contributed by atoms with van der Waals surface area (Å²) in [6.45, 7) is 0.535. The second-order valence-electron chi connectivity index (χ2n) is 5.95. The average molecular weight is 357 g/mol. The Kier molecular flexibility index (Phi) is 4.99. The molecule has 136 valence electrons. The molecule has 0 spiro atoms. The van der Waals surface area contributed by atoms with Crippen molar-refractivity contribution in [1.29, 1.82) is 0 Å². The molecule has 0 aliphatic heterocycles. The van der Waals surface area contributed by atoms with Gasteiger partial charge in [-0.15, -0.1) is 0 Å². The molecule has 3 aromatic rings. The van der Waals surface area contributed by atoms with Gasteiger partial charge in [-0.1, -0.05) is 18.2 Å². The highest BCUT2D eigenvalue weighted by molar-refractivity contribution is 5.93. The molecule has 9 heteroatoms. The standard InChI is InChI=1S/C17H19N5O4/c1-21(2)14(11-6-4-5-7-15(11)25-3)10-18-12-8-9-13(22(23)24)17-16(12)19-26-20-17/h4-9,14,18H,10H2,1-3H3. The average Bonchev–Trinajstić information content (AvgIpc) is 3.11. The molecule has 9 nitrogen and oxygen atoms in total. The smallest absolute Gasteiger partial charge is 0.300 e. The summed E-state index contributed by atoms with van der Waals surface area (Å²) in [6.07, 6.45) is 0. The number of para-hydroxylation sites is 1. The van der Waals surface area contributed by atoms with Crippen LogP contribution in [0.3, 0.4) is 0 Å². The molecule has 3 rings (SSSR count). The summed E-state index contributed by atoms with van der Waals surface area (Å²) in [4.78, 5) is 12.6. The van der Waals surface area contributed by atoms with Crippen LogP contribution in [-0.4, -0.2) is 47.9 Å². The topological polar surface area (TPSA) is 107 Å². The number of rotatable bonds is 7. The van der Waals surface area contributed by atoms with E-state index in [9.17, 15) is 10.1 Å². The fraction of sp³-hybridized carbons (Fsp3) is 0.294. The van der Waals surface area contributed by atoms with Crippen molar-refractivity contribution in [1.82, 2.24) is 15.2 Å². The lowest BCUT2D eigenvalue weighted by molar-refractivity contribution is -0.383. The largest absolute Gasteiger partial charge is 0.496 e. The third kappa shape index (κ3) is 3.29. The highest BCUT2D eigenvalue weighted by Crippen LogP contribution is 2.31. The van der Waals surface area contributed by atoms with Crippen LogP contribution in [0.5, 0.6) is 5.75 Å². The van der Waals surface area contributed by atoms with Gasteiger partial charge in [0.15, 0.2) is 5.52 Å². The molecule has 1 heterocycles. The molecule has 2 aromatic carbocycles. The van der Waals surface area contributed by atoms with Crippen LogP contribution in [0.1, 0.15) is 11.6 Å². The molecular weight excluding hydrogens is 338 g/mol. The SMILES string of the molecule is COc1ccccc1C(CNc1ccc([N+](=O)[O-])c2nonc12)N(C)C. The van der Waals surface area contributed by atoms with Gasteiger partial charge < -0.3 is 15.0 Å². The van der Waals surface area contributed by atoms with Crippen LogP contribution in [-0.2, 0) is 0 Å². The number of likely N-dealkylation sites (N-methyl/N-ethyl adjacent to an activating group) is 1. The Bertz CT molecular complexity index is 924. The summed E-state index contributed by atoms with van der Waals surface area (Å²) in [6, 6.07) is 10.8. The predicted octanol–water partition coefficient (Wildman–Crippen LogP) is 2.85. The van der Waals surface area contributed by atoms with E-state index in [1.807, 2.05) is 38.4 Å². The van der Waals surface area contributed by atoms with Crippen LogP contribution < -0.4 is 10.1 Å². The fourth-order valence-electron chi connectivity index (χ4n) is 2.86. The Morgan fingerprint density at radius 1 is 1.23 bits per heavy atom. The Morgan fingerprint density at radius 3 is 2.65 bits per heavy atom. The summed E-state index contributed by atoms with van der Waals surface area (Å²) in [5.74, 6) is 0.796.